The fourth-order valence-corrected chi connectivity index (χ4v) is 12.3. The fraction of sp³-hybridized carbons (Fsp3) is 0.545. The van der Waals surface area contributed by atoms with Gasteiger partial charge in [0.25, 0.3) is 23.7 Å². The van der Waals surface area contributed by atoms with Crippen molar-refractivity contribution < 1.29 is 90.3 Å². The summed E-state index contributed by atoms with van der Waals surface area (Å²) in [6.45, 7) is -1.87. The number of carboxylic acid groups (broad SMARTS) is 3. The molecular weight excluding hydrogens is 1330 g/mol. The Balaban J connectivity index is 0.846. The monoisotopic (exact) mass is 1410 g/mol. The number of alkyl halides is 4. The third-order valence-electron chi connectivity index (χ3n) is 17.6. The standard InChI is InChI=1S/C66H82F4N16O15/c67-65(68)29-45(31-71)85(42-65)57(89)33-77-63(98)49-9-14-73-53-7-5-47(27-51(49)53)100-25-3-1-12-75-55(87)36-84(44-11-16-83(35-44)59(91)38-79-17-19-80(39-60(92)93)21-23-82(41-62(96)97)24-22-81(20-18-79)40-61(94)95)37-56(88)76-13-2-4-26-101-48-6-8-54-52(28-48)50(10-15-74-54)64(99)78-34-58(90)86-43-66(69,70)30-46(86)32-72/h5-10,14-15,27-28,44-46H,1-4,11-13,16-26,29-30,33-43H2,(H,75,87)(H,76,88)(H,77,98)(H,78,99)(H,92,93)(H,94,95)(H,96,97)/t44?,45-,46+. The third-order valence-corrected chi connectivity index (χ3v) is 17.6. The number of benzene rings is 2. The van der Waals surface area contributed by atoms with Gasteiger partial charge in [0.2, 0.25) is 29.5 Å². The summed E-state index contributed by atoms with van der Waals surface area (Å²) in [5.74, 6) is -13.1. The minimum absolute atomic E-state index is 0.118. The van der Waals surface area contributed by atoms with Gasteiger partial charge in [0.15, 0.2) is 0 Å². The van der Waals surface area contributed by atoms with Gasteiger partial charge >= 0.3 is 17.9 Å². The number of nitriles is 2. The van der Waals surface area contributed by atoms with Crippen LogP contribution in [-0.4, -0.2) is 311 Å². The molecule has 3 atom stereocenters. The van der Waals surface area contributed by atoms with Crippen molar-refractivity contribution in [2.75, 3.05) is 157 Å². The van der Waals surface area contributed by atoms with Crippen molar-refractivity contribution in [3.63, 3.8) is 0 Å². The normalized spacial score (nSPS) is 19.2. The topological polar surface area (TPSA) is 397 Å². The van der Waals surface area contributed by atoms with E-state index in [9.17, 15) is 91.4 Å². The maximum atomic E-state index is 14.2. The number of halogens is 4. The number of aromatic nitrogens is 2. The number of hydrogen-bond donors (Lipinski definition) is 7. The Kier molecular flexibility index (Phi) is 27.7. The molecule has 8 rings (SSSR count). The van der Waals surface area contributed by atoms with E-state index in [4.69, 9.17) is 9.47 Å². The van der Waals surface area contributed by atoms with Crippen LogP contribution in [0.3, 0.4) is 0 Å². The molecule has 0 bridgehead atoms. The Bertz CT molecular complexity index is 3540. The highest BCUT2D eigenvalue weighted by Crippen LogP contribution is 2.33. The lowest BCUT2D eigenvalue weighted by molar-refractivity contribution is -0.140. The number of amides is 7. The van der Waals surface area contributed by atoms with Crippen molar-refractivity contribution in [2.24, 2.45) is 0 Å². The summed E-state index contributed by atoms with van der Waals surface area (Å²) in [7, 11) is 0. The highest BCUT2D eigenvalue weighted by molar-refractivity contribution is 6.08. The van der Waals surface area contributed by atoms with E-state index in [1.165, 1.54) is 24.5 Å². The molecule has 4 aromatic rings. The highest BCUT2D eigenvalue weighted by atomic mass is 19.3. The van der Waals surface area contributed by atoms with Crippen LogP contribution in [0.5, 0.6) is 11.5 Å². The SMILES string of the molecule is N#C[C@@H]1CC(F)(F)CN1C(=O)CNC(=O)c1ccnc2ccc(OCCCCNC(=O)CN(CC(=O)NCCCCOc3ccc4nccc(C(=O)NCC(=O)N5CC(F)(F)C[C@@H]5C#N)c4c3)C3CCN(C(=O)CN4CCN(CC(=O)O)CCN(CC(=O)O)CCN(CC(=O)O)CC4)C3)cc12. The van der Waals surface area contributed by atoms with Gasteiger partial charge in [-0.3, -0.25) is 82.4 Å². The molecule has 2 aromatic carbocycles. The molecule has 6 heterocycles. The summed E-state index contributed by atoms with van der Waals surface area (Å²) >= 11 is 0. The lowest BCUT2D eigenvalue weighted by atomic mass is 10.1. The number of ether oxygens (including phenoxy) is 2. The minimum Gasteiger partial charge on any atom is -0.494 e. The number of aliphatic carboxylic acids is 3. The second kappa shape index (κ2) is 36.4. The van der Waals surface area contributed by atoms with Gasteiger partial charge in [-0.2, -0.15) is 10.5 Å². The first-order chi connectivity index (χ1) is 48.2. The Morgan fingerprint density at radius 2 is 0.931 bits per heavy atom. The number of pyridine rings is 2. The zero-order valence-electron chi connectivity index (χ0n) is 55.5. The average Bonchev–Trinajstić information content (AvgIpc) is 1.76. The van der Waals surface area contributed by atoms with E-state index >= 15 is 0 Å². The molecule has 4 aliphatic rings. The van der Waals surface area contributed by atoms with Crippen LogP contribution in [0.1, 0.15) is 65.7 Å². The predicted molar refractivity (Wildman–Crippen MR) is 350 cm³/mol. The number of carboxylic acids is 3. The molecule has 101 heavy (non-hydrogen) atoms. The van der Waals surface area contributed by atoms with Crippen molar-refractivity contribution in [3.05, 3.63) is 72.1 Å². The van der Waals surface area contributed by atoms with Crippen LogP contribution in [0, 0.1) is 22.7 Å². The molecule has 1 unspecified atom stereocenters. The number of carbonyl (C=O) groups excluding carboxylic acids is 7. The number of rotatable bonds is 31. The van der Waals surface area contributed by atoms with Gasteiger partial charge in [-0.05, 0) is 80.6 Å². The summed E-state index contributed by atoms with van der Waals surface area (Å²) < 4.78 is 68.0. The van der Waals surface area contributed by atoms with Crippen LogP contribution < -0.4 is 30.7 Å². The molecular formula is C66H82F4N16O15. The van der Waals surface area contributed by atoms with Crippen LogP contribution in [0.2, 0.25) is 0 Å². The zero-order chi connectivity index (χ0) is 72.8. The van der Waals surface area contributed by atoms with E-state index in [0.717, 1.165) is 9.80 Å². The number of unbranched alkanes of at least 4 members (excludes halogenated alkanes) is 2. The number of likely N-dealkylation sites (tertiary alicyclic amines) is 3. The molecule has 4 fully saturated rings. The van der Waals surface area contributed by atoms with Gasteiger partial charge in [0.1, 0.15) is 23.6 Å². The average molecular weight is 1420 g/mol. The van der Waals surface area contributed by atoms with Crippen LogP contribution >= 0.6 is 0 Å². The lowest BCUT2D eigenvalue weighted by Crippen LogP contribution is -2.51. The Labute approximate surface area is 578 Å². The zero-order valence-corrected chi connectivity index (χ0v) is 55.5. The van der Waals surface area contributed by atoms with E-state index in [-0.39, 0.29) is 148 Å². The van der Waals surface area contributed by atoms with E-state index < -0.39 is 122 Å². The van der Waals surface area contributed by atoms with Gasteiger partial charge in [-0.1, -0.05) is 0 Å². The molecule has 35 heteroatoms. The van der Waals surface area contributed by atoms with Crippen molar-refractivity contribution >= 4 is 81.1 Å². The molecule has 7 N–H and O–H groups in total. The lowest BCUT2D eigenvalue weighted by Gasteiger charge is -2.33. The quantitative estimate of drug-likeness (QED) is 0.0265. The highest BCUT2D eigenvalue weighted by Gasteiger charge is 2.48. The third kappa shape index (κ3) is 23.3. The summed E-state index contributed by atoms with van der Waals surface area (Å²) in [6, 6.07) is 12.9. The minimum atomic E-state index is -3.22. The largest absolute Gasteiger partial charge is 0.494 e. The van der Waals surface area contributed by atoms with Crippen LogP contribution in [-0.2, 0) is 38.4 Å². The van der Waals surface area contributed by atoms with Crippen LogP contribution in [0.15, 0.2) is 60.9 Å². The molecule has 0 radical (unpaired) electrons. The van der Waals surface area contributed by atoms with E-state index in [1.54, 1.807) is 73.0 Å². The molecule has 2 aromatic heterocycles. The van der Waals surface area contributed by atoms with Crippen molar-refractivity contribution in [3.8, 4) is 23.6 Å². The molecule has 544 valence electrons. The van der Waals surface area contributed by atoms with E-state index in [1.807, 2.05) is 4.90 Å². The van der Waals surface area contributed by atoms with Crippen LogP contribution in [0.4, 0.5) is 17.6 Å². The summed E-state index contributed by atoms with van der Waals surface area (Å²) in [4.78, 5) is 150. The van der Waals surface area contributed by atoms with Gasteiger partial charge in [-0.25, -0.2) is 17.6 Å². The van der Waals surface area contributed by atoms with E-state index in [0.29, 0.717) is 65.4 Å². The predicted octanol–water partition coefficient (Wildman–Crippen LogP) is 0.391. The molecule has 0 aliphatic carbocycles. The number of hydrogen-bond acceptors (Lipinski definition) is 21. The van der Waals surface area contributed by atoms with Crippen molar-refractivity contribution in [1.29, 1.82) is 10.5 Å². The maximum Gasteiger partial charge on any atom is 0.317 e. The molecule has 4 saturated heterocycles. The second-order valence-corrected chi connectivity index (χ2v) is 25.2. The summed E-state index contributed by atoms with van der Waals surface area (Å²) in [5, 5.41) is 59.1. The molecule has 7 amide bonds. The van der Waals surface area contributed by atoms with Gasteiger partial charge in [-0.15, -0.1) is 0 Å². The van der Waals surface area contributed by atoms with Crippen molar-refractivity contribution in [2.45, 2.75) is 74.9 Å². The van der Waals surface area contributed by atoms with Crippen molar-refractivity contribution in [1.82, 2.24) is 70.4 Å². The van der Waals surface area contributed by atoms with Gasteiger partial charge in [0.05, 0.1) is 113 Å². The smallest absolute Gasteiger partial charge is 0.317 e. The molecule has 0 saturated carbocycles. The second-order valence-electron chi connectivity index (χ2n) is 25.2. The molecule has 31 nitrogen and oxygen atoms in total. The Morgan fingerprint density at radius 1 is 0.535 bits per heavy atom. The number of nitrogens with one attached hydrogen (secondary N) is 4. The van der Waals surface area contributed by atoms with Gasteiger partial charge in [0, 0.05) is 121 Å². The van der Waals surface area contributed by atoms with Crippen LogP contribution in [0.25, 0.3) is 21.8 Å². The molecule has 4 aliphatic heterocycles. The first-order valence-corrected chi connectivity index (χ1v) is 33.1. The van der Waals surface area contributed by atoms with Gasteiger partial charge < -0.3 is 60.8 Å². The number of fused-ring (bicyclic) bond motifs is 2. The maximum absolute atomic E-state index is 14.2. The summed E-state index contributed by atoms with van der Waals surface area (Å²) in [6.07, 6.45) is 3.41. The molecule has 0 spiro atoms. The first-order valence-electron chi connectivity index (χ1n) is 33.1. The number of nitrogens with zero attached hydrogens (tertiary/aromatic N) is 12. The Hall–Kier alpha value is -9.94. The van der Waals surface area contributed by atoms with E-state index in [2.05, 4.69) is 31.2 Å². The number of carbonyl (C=O) groups is 10. The fourth-order valence-electron chi connectivity index (χ4n) is 12.3. The summed E-state index contributed by atoms with van der Waals surface area (Å²) in [5.41, 5.74) is 1.12. The first kappa shape index (κ1) is 76.8. The Morgan fingerprint density at radius 3 is 1.32 bits per heavy atom.